The first kappa shape index (κ1) is 18.6. The Bertz CT molecular complexity index is 781. The Balaban J connectivity index is 1.64. The molecule has 2 N–H and O–H groups in total. The zero-order chi connectivity index (χ0) is 18.9. The molecule has 1 fully saturated rings. The van der Waals surface area contributed by atoms with Crippen molar-refractivity contribution in [1.29, 1.82) is 0 Å². The largest absolute Gasteiger partial charge is 0.507 e. The van der Waals surface area contributed by atoms with E-state index in [0.717, 1.165) is 42.4 Å². The van der Waals surface area contributed by atoms with Gasteiger partial charge in [-0.2, -0.15) is 13.2 Å². The predicted molar refractivity (Wildman–Crippen MR) is 95.6 cm³/mol. The van der Waals surface area contributed by atoms with E-state index in [9.17, 15) is 18.3 Å². The number of rotatable bonds is 3. The summed E-state index contributed by atoms with van der Waals surface area (Å²) in [5.74, 6) is 0.320. The van der Waals surface area contributed by atoms with Gasteiger partial charge in [0.1, 0.15) is 12.3 Å². The van der Waals surface area contributed by atoms with E-state index in [0.29, 0.717) is 24.5 Å². The highest BCUT2D eigenvalue weighted by atomic mass is 19.4. The Morgan fingerprint density at radius 1 is 1.04 bits per heavy atom. The third-order valence-corrected chi connectivity index (χ3v) is 5.14. The Labute approximate surface area is 151 Å². The van der Waals surface area contributed by atoms with Gasteiger partial charge >= 0.3 is 6.18 Å². The molecule has 1 saturated heterocycles. The predicted octanol–water partition coefficient (Wildman–Crippen LogP) is 2.93. The van der Waals surface area contributed by atoms with Gasteiger partial charge < -0.3 is 14.9 Å². The zero-order valence-electron chi connectivity index (χ0n) is 15.0. The molecule has 3 rings (SSSR count). The molecule has 0 aliphatic carbocycles. The molecule has 0 bridgehead atoms. The summed E-state index contributed by atoms with van der Waals surface area (Å²) in [5, 5.41) is 10.2. The second-order valence-corrected chi connectivity index (χ2v) is 7.03. The molecule has 0 saturated carbocycles. The highest BCUT2D eigenvalue weighted by molar-refractivity contribution is 5.49. The van der Waals surface area contributed by atoms with E-state index < -0.39 is 11.7 Å². The highest BCUT2D eigenvalue weighted by Crippen LogP contribution is 2.31. The van der Waals surface area contributed by atoms with Crippen LogP contribution in [0, 0.1) is 13.8 Å². The summed E-state index contributed by atoms with van der Waals surface area (Å²) in [6, 6.07) is 9.34. The number of benzene rings is 2. The fraction of sp³-hybridized carbons (Fsp3) is 0.400. The summed E-state index contributed by atoms with van der Waals surface area (Å²) >= 11 is 0. The van der Waals surface area contributed by atoms with Crippen molar-refractivity contribution in [3.05, 3.63) is 58.7 Å². The van der Waals surface area contributed by atoms with Crippen molar-refractivity contribution < 1.29 is 23.2 Å². The van der Waals surface area contributed by atoms with Crippen molar-refractivity contribution >= 4 is 5.69 Å². The van der Waals surface area contributed by atoms with E-state index in [1.807, 2.05) is 24.8 Å². The van der Waals surface area contributed by atoms with Crippen molar-refractivity contribution in [2.45, 2.75) is 26.6 Å². The molecule has 0 spiro atoms. The molecule has 0 aromatic heterocycles. The summed E-state index contributed by atoms with van der Waals surface area (Å²) < 4.78 is 38.7. The van der Waals surface area contributed by atoms with Gasteiger partial charge in [-0.1, -0.05) is 6.07 Å². The van der Waals surface area contributed by atoms with Gasteiger partial charge in [0, 0.05) is 11.3 Å². The number of nitrogens with zero attached hydrogens (tertiary/aromatic N) is 1. The van der Waals surface area contributed by atoms with Gasteiger partial charge in [0.05, 0.1) is 31.7 Å². The van der Waals surface area contributed by atoms with Crippen LogP contribution >= 0.6 is 0 Å². The number of alkyl halides is 3. The van der Waals surface area contributed by atoms with E-state index in [1.54, 1.807) is 12.1 Å². The first-order valence-electron chi connectivity index (χ1n) is 8.79. The topological polar surface area (TPSA) is 27.9 Å². The maximum absolute atomic E-state index is 12.9. The Kier molecular flexibility index (Phi) is 5.14. The minimum Gasteiger partial charge on any atom is -0.507 e. The molecule has 140 valence electrons. The Morgan fingerprint density at radius 3 is 2.35 bits per heavy atom. The molecule has 1 aliphatic rings. The normalized spacial score (nSPS) is 16.1. The van der Waals surface area contributed by atoms with Crippen molar-refractivity contribution in [2.75, 3.05) is 31.1 Å². The lowest BCUT2D eigenvalue weighted by molar-refractivity contribution is -0.914. The number of aryl methyl sites for hydroxylation is 2. The van der Waals surface area contributed by atoms with Gasteiger partial charge in [0.15, 0.2) is 0 Å². The van der Waals surface area contributed by atoms with Crippen molar-refractivity contribution in [3.8, 4) is 5.75 Å². The minimum absolute atomic E-state index is 0.320. The molecule has 0 amide bonds. The smallest absolute Gasteiger partial charge is 0.416 e. The summed E-state index contributed by atoms with van der Waals surface area (Å²) in [7, 11) is 0. The van der Waals surface area contributed by atoms with E-state index >= 15 is 0 Å². The number of aromatic hydroxyl groups is 1. The molecule has 2 aromatic rings. The maximum Gasteiger partial charge on any atom is 0.416 e. The van der Waals surface area contributed by atoms with E-state index in [2.05, 4.69) is 0 Å². The number of piperazine rings is 1. The summed E-state index contributed by atoms with van der Waals surface area (Å²) in [6.07, 6.45) is -4.32. The van der Waals surface area contributed by atoms with Crippen molar-refractivity contribution in [2.24, 2.45) is 0 Å². The first-order valence-corrected chi connectivity index (χ1v) is 8.79. The lowest BCUT2D eigenvalue weighted by Crippen LogP contribution is -3.13. The van der Waals surface area contributed by atoms with Crippen molar-refractivity contribution in [1.82, 2.24) is 0 Å². The lowest BCUT2D eigenvalue weighted by Gasteiger charge is -2.34. The third kappa shape index (κ3) is 4.12. The van der Waals surface area contributed by atoms with Crippen molar-refractivity contribution in [3.63, 3.8) is 0 Å². The third-order valence-electron chi connectivity index (χ3n) is 5.14. The monoisotopic (exact) mass is 365 g/mol. The van der Waals surface area contributed by atoms with Crippen LogP contribution in [0.15, 0.2) is 36.4 Å². The number of phenolic OH excluding ortho intramolecular Hbond substituents is 1. The molecule has 26 heavy (non-hydrogen) atoms. The van der Waals surface area contributed by atoms with Gasteiger partial charge in [0.2, 0.25) is 0 Å². The molecule has 1 heterocycles. The molecule has 2 aromatic carbocycles. The number of nitrogens with one attached hydrogen (secondary N) is 1. The van der Waals surface area contributed by atoms with E-state index in [4.69, 9.17) is 0 Å². The van der Waals surface area contributed by atoms with Crippen LogP contribution in [0.2, 0.25) is 0 Å². The average Bonchev–Trinajstić information content (AvgIpc) is 2.60. The lowest BCUT2D eigenvalue weighted by atomic mass is 10.0. The summed E-state index contributed by atoms with van der Waals surface area (Å²) in [5.41, 5.74) is 3.16. The van der Waals surface area contributed by atoms with Gasteiger partial charge in [-0.05, 0) is 55.3 Å². The van der Waals surface area contributed by atoms with Gasteiger partial charge in [-0.3, -0.25) is 0 Å². The molecule has 0 atom stereocenters. The molecular formula is C20H24F3N2O+. The summed E-state index contributed by atoms with van der Waals surface area (Å²) in [6.45, 7) is 7.76. The van der Waals surface area contributed by atoms with Crippen LogP contribution in [-0.2, 0) is 12.7 Å². The number of halogens is 3. The number of quaternary nitrogens is 1. The van der Waals surface area contributed by atoms with Crippen LogP contribution in [0.3, 0.4) is 0 Å². The molecule has 3 nitrogen and oxygen atoms in total. The standard InChI is InChI=1S/C20H23F3N2O/c1-14-10-16(19(26)11-15(14)2)13-24-6-8-25(9-7-24)18-5-3-4-17(12-18)20(21,22)23/h3-5,10-12,26H,6-9,13H2,1-2H3/p+1. The van der Waals surface area contributed by atoms with Gasteiger partial charge in [-0.15, -0.1) is 0 Å². The van der Waals surface area contributed by atoms with Gasteiger partial charge in [-0.25, -0.2) is 0 Å². The van der Waals surface area contributed by atoms with Gasteiger partial charge in [0.25, 0.3) is 0 Å². The quantitative estimate of drug-likeness (QED) is 0.875. The fourth-order valence-electron chi connectivity index (χ4n) is 3.41. The molecule has 0 unspecified atom stereocenters. The number of phenols is 1. The van der Waals surface area contributed by atoms with Crippen LogP contribution in [0.5, 0.6) is 5.75 Å². The minimum atomic E-state index is -4.32. The molecular weight excluding hydrogens is 341 g/mol. The van der Waals surface area contributed by atoms with Crippen LogP contribution in [0.4, 0.5) is 18.9 Å². The molecule has 6 heteroatoms. The number of anilines is 1. The fourth-order valence-corrected chi connectivity index (χ4v) is 3.41. The second kappa shape index (κ2) is 7.19. The molecule has 1 aliphatic heterocycles. The Morgan fingerprint density at radius 2 is 1.69 bits per heavy atom. The van der Waals surface area contributed by atoms with Crippen LogP contribution in [-0.4, -0.2) is 31.3 Å². The first-order chi connectivity index (χ1) is 12.2. The SMILES string of the molecule is Cc1cc(O)c(C[NH+]2CCN(c3cccc(C(F)(F)F)c3)CC2)cc1C. The van der Waals surface area contributed by atoms with Crippen LogP contribution in [0.1, 0.15) is 22.3 Å². The zero-order valence-corrected chi connectivity index (χ0v) is 15.0. The van der Waals surface area contributed by atoms with Crippen LogP contribution < -0.4 is 9.80 Å². The Hall–Kier alpha value is -2.21. The number of hydrogen-bond donors (Lipinski definition) is 2. The number of hydrogen-bond acceptors (Lipinski definition) is 2. The second-order valence-electron chi connectivity index (χ2n) is 7.03. The van der Waals surface area contributed by atoms with E-state index in [1.165, 1.54) is 17.0 Å². The average molecular weight is 365 g/mol. The highest BCUT2D eigenvalue weighted by Gasteiger charge is 2.31. The van der Waals surface area contributed by atoms with E-state index in [-0.39, 0.29) is 0 Å². The maximum atomic E-state index is 12.9. The summed E-state index contributed by atoms with van der Waals surface area (Å²) in [4.78, 5) is 3.32. The molecule has 0 radical (unpaired) electrons. The van der Waals surface area contributed by atoms with Crippen LogP contribution in [0.25, 0.3) is 0 Å².